The molecule has 2 aliphatic rings. The van der Waals surface area contributed by atoms with Gasteiger partial charge in [-0.15, -0.1) is 0 Å². The Morgan fingerprint density at radius 2 is 1.90 bits per heavy atom. The molecule has 1 aromatic carbocycles. The van der Waals surface area contributed by atoms with Gasteiger partial charge in [-0.1, -0.05) is 51.3 Å². The van der Waals surface area contributed by atoms with E-state index in [9.17, 15) is 0 Å². The van der Waals surface area contributed by atoms with Gasteiger partial charge in [0.2, 0.25) is 0 Å². The molecule has 3 rings (SSSR count). The van der Waals surface area contributed by atoms with Crippen LogP contribution in [0.25, 0.3) is 0 Å². The van der Waals surface area contributed by atoms with E-state index < -0.39 is 0 Å². The zero-order chi connectivity index (χ0) is 14.7. The van der Waals surface area contributed by atoms with Crippen LogP contribution >= 0.6 is 0 Å². The Hall–Kier alpha value is -1.02. The van der Waals surface area contributed by atoms with Crippen LogP contribution in [0, 0.1) is 11.8 Å². The van der Waals surface area contributed by atoms with Crippen molar-refractivity contribution >= 4 is 5.69 Å². The molecule has 1 heterocycles. The van der Waals surface area contributed by atoms with Gasteiger partial charge in [0.25, 0.3) is 0 Å². The second-order valence-electron chi connectivity index (χ2n) is 7.31. The second-order valence-corrected chi connectivity index (χ2v) is 7.31. The van der Waals surface area contributed by atoms with Crippen LogP contribution in [0.3, 0.4) is 0 Å². The molecule has 0 amide bonds. The maximum Gasteiger partial charge on any atom is 0.0412 e. The Labute approximate surface area is 129 Å². The lowest BCUT2D eigenvalue weighted by Crippen LogP contribution is -2.45. The molecule has 1 N–H and O–H groups in total. The first-order valence-electron chi connectivity index (χ1n) is 8.80. The summed E-state index contributed by atoms with van der Waals surface area (Å²) in [5.41, 5.74) is 2.92. The summed E-state index contributed by atoms with van der Waals surface area (Å²) in [6.07, 6.45) is 7.15. The maximum absolute atomic E-state index is 3.87. The molecule has 1 atom stereocenters. The van der Waals surface area contributed by atoms with Gasteiger partial charge < -0.3 is 10.2 Å². The molecule has 1 aromatic rings. The number of nitrogens with zero attached hydrogens (tertiary/aromatic N) is 1. The first-order chi connectivity index (χ1) is 10.2. The molecule has 0 radical (unpaired) electrons. The largest absolute Gasteiger partial charge is 0.369 e. The van der Waals surface area contributed by atoms with E-state index in [0.717, 1.165) is 12.5 Å². The van der Waals surface area contributed by atoms with Gasteiger partial charge in [0.1, 0.15) is 0 Å². The van der Waals surface area contributed by atoms with E-state index in [-0.39, 0.29) is 0 Å². The van der Waals surface area contributed by atoms with Gasteiger partial charge in [-0.3, -0.25) is 0 Å². The molecule has 2 heteroatoms. The average Bonchev–Trinajstić information content (AvgIpc) is 2.68. The van der Waals surface area contributed by atoms with Gasteiger partial charge in [0.15, 0.2) is 0 Å². The molecule has 1 saturated carbocycles. The highest BCUT2D eigenvalue weighted by molar-refractivity contribution is 5.54. The number of hydrogen-bond acceptors (Lipinski definition) is 2. The number of anilines is 1. The van der Waals surface area contributed by atoms with Crippen LogP contribution in [0.15, 0.2) is 24.3 Å². The first-order valence-corrected chi connectivity index (χ1v) is 8.80. The summed E-state index contributed by atoms with van der Waals surface area (Å²) in [6, 6.07) is 9.63. The number of hydrogen-bond donors (Lipinski definition) is 1. The molecule has 1 aliphatic heterocycles. The van der Waals surface area contributed by atoms with Gasteiger partial charge in [0, 0.05) is 31.4 Å². The van der Waals surface area contributed by atoms with Gasteiger partial charge in [-0.2, -0.15) is 0 Å². The van der Waals surface area contributed by atoms with Gasteiger partial charge >= 0.3 is 0 Å². The molecular formula is C19H30N2. The molecular weight excluding hydrogens is 256 g/mol. The van der Waals surface area contributed by atoms with Crippen molar-refractivity contribution < 1.29 is 0 Å². The predicted molar refractivity (Wildman–Crippen MR) is 90.7 cm³/mol. The SMILES string of the molecule is CC(C)CN1CC(C2CCCCC2)NCc2ccccc21. The highest BCUT2D eigenvalue weighted by atomic mass is 15.2. The van der Waals surface area contributed by atoms with E-state index in [0.29, 0.717) is 12.0 Å². The summed E-state index contributed by atoms with van der Waals surface area (Å²) in [5.74, 6) is 1.59. The topological polar surface area (TPSA) is 15.3 Å². The summed E-state index contributed by atoms with van der Waals surface area (Å²) in [6.45, 7) is 8.04. The molecule has 0 bridgehead atoms. The Kier molecular flexibility index (Phi) is 4.84. The smallest absolute Gasteiger partial charge is 0.0412 e. The number of rotatable bonds is 3. The van der Waals surface area contributed by atoms with E-state index in [1.54, 1.807) is 0 Å². The fourth-order valence-corrected chi connectivity index (χ4v) is 4.08. The summed E-state index contributed by atoms with van der Waals surface area (Å²) < 4.78 is 0. The van der Waals surface area contributed by atoms with Crippen LogP contribution in [0.5, 0.6) is 0 Å². The Morgan fingerprint density at radius 1 is 1.14 bits per heavy atom. The van der Waals surface area contributed by atoms with Crippen molar-refractivity contribution in [3.05, 3.63) is 29.8 Å². The summed E-state index contributed by atoms with van der Waals surface area (Å²) in [7, 11) is 0. The van der Waals surface area contributed by atoms with Gasteiger partial charge in [0.05, 0.1) is 0 Å². The Morgan fingerprint density at radius 3 is 2.67 bits per heavy atom. The monoisotopic (exact) mass is 286 g/mol. The number of benzene rings is 1. The zero-order valence-electron chi connectivity index (χ0n) is 13.6. The highest BCUT2D eigenvalue weighted by Gasteiger charge is 2.28. The third-order valence-corrected chi connectivity index (χ3v) is 5.11. The number of para-hydroxylation sites is 1. The molecule has 1 unspecified atom stereocenters. The van der Waals surface area contributed by atoms with Crippen molar-refractivity contribution in [2.24, 2.45) is 11.8 Å². The van der Waals surface area contributed by atoms with Gasteiger partial charge in [-0.05, 0) is 36.3 Å². The fraction of sp³-hybridized carbons (Fsp3) is 0.684. The van der Waals surface area contributed by atoms with Crippen molar-refractivity contribution in [3.8, 4) is 0 Å². The lowest BCUT2D eigenvalue weighted by atomic mass is 9.83. The van der Waals surface area contributed by atoms with Crippen LogP contribution in [-0.2, 0) is 6.54 Å². The molecule has 0 spiro atoms. The quantitative estimate of drug-likeness (QED) is 0.896. The van der Waals surface area contributed by atoms with E-state index in [4.69, 9.17) is 0 Å². The molecule has 21 heavy (non-hydrogen) atoms. The second kappa shape index (κ2) is 6.83. The third-order valence-electron chi connectivity index (χ3n) is 5.11. The average molecular weight is 286 g/mol. The lowest BCUT2D eigenvalue weighted by Gasteiger charge is -2.34. The Bertz CT molecular complexity index is 449. The molecule has 0 saturated heterocycles. The molecule has 1 aliphatic carbocycles. The van der Waals surface area contributed by atoms with E-state index in [1.165, 1.54) is 56.4 Å². The van der Waals surface area contributed by atoms with Crippen molar-refractivity contribution in [1.82, 2.24) is 5.32 Å². The van der Waals surface area contributed by atoms with Crippen molar-refractivity contribution in [3.63, 3.8) is 0 Å². The van der Waals surface area contributed by atoms with Crippen LogP contribution in [0.2, 0.25) is 0 Å². The minimum absolute atomic E-state index is 0.663. The van der Waals surface area contributed by atoms with Crippen molar-refractivity contribution in [2.45, 2.75) is 58.5 Å². The highest BCUT2D eigenvalue weighted by Crippen LogP contribution is 2.31. The number of fused-ring (bicyclic) bond motifs is 1. The maximum atomic E-state index is 3.87. The zero-order valence-corrected chi connectivity index (χ0v) is 13.6. The van der Waals surface area contributed by atoms with Crippen molar-refractivity contribution in [1.29, 1.82) is 0 Å². The molecule has 2 nitrogen and oxygen atoms in total. The van der Waals surface area contributed by atoms with E-state index in [2.05, 4.69) is 48.3 Å². The van der Waals surface area contributed by atoms with Crippen LogP contribution in [0.1, 0.15) is 51.5 Å². The molecule has 116 valence electrons. The van der Waals surface area contributed by atoms with Gasteiger partial charge in [-0.25, -0.2) is 0 Å². The van der Waals surface area contributed by atoms with Crippen LogP contribution in [0.4, 0.5) is 5.69 Å². The van der Waals surface area contributed by atoms with Crippen LogP contribution < -0.4 is 10.2 Å². The molecule has 1 fully saturated rings. The summed E-state index contributed by atoms with van der Waals surface area (Å²) in [4.78, 5) is 2.64. The van der Waals surface area contributed by atoms with Crippen LogP contribution in [-0.4, -0.2) is 19.1 Å². The standard InChI is InChI=1S/C19H30N2/c1-15(2)13-21-14-18(16-8-4-3-5-9-16)20-12-17-10-6-7-11-19(17)21/h6-7,10-11,15-16,18,20H,3-5,8-9,12-14H2,1-2H3. The third kappa shape index (κ3) is 3.60. The van der Waals surface area contributed by atoms with E-state index in [1.807, 2.05) is 0 Å². The molecule has 0 aromatic heterocycles. The fourth-order valence-electron chi connectivity index (χ4n) is 4.08. The number of nitrogens with one attached hydrogen (secondary N) is 1. The summed E-state index contributed by atoms with van der Waals surface area (Å²) >= 11 is 0. The Balaban J connectivity index is 1.79. The minimum atomic E-state index is 0.663. The summed E-state index contributed by atoms with van der Waals surface area (Å²) in [5, 5.41) is 3.87. The first kappa shape index (κ1) is 14.9. The predicted octanol–water partition coefficient (Wildman–Crippen LogP) is 4.20. The lowest BCUT2D eigenvalue weighted by molar-refractivity contribution is 0.270. The van der Waals surface area contributed by atoms with Crippen molar-refractivity contribution in [2.75, 3.05) is 18.0 Å². The van der Waals surface area contributed by atoms with E-state index >= 15 is 0 Å². The minimum Gasteiger partial charge on any atom is -0.369 e. The normalized spacial score (nSPS) is 24.0.